The van der Waals surface area contributed by atoms with E-state index in [0.29, 0.717) is 18.9 Å². The third-order valence-electron chi connectivity index (χ3n) is 4.65. The van der Waals surface area contributed by atoms with Crippen molar-refractivity contribution in [2.75, 3.05) is 19.0 Å². The minimum absolute atomic E-state index is 0. The molecule has 0 radical (unpaired) electrons. The number of hydrogen-bond acceptors (Lipinski definition) is 4. The molecule has 0 fully saturated rings. The molecule has 0 saturated carbocycles. The average Bonchev–Trinajstić information content (AvgIpc) is 3.09. The second-order valence-electron chi connectivity index (χ2n) is 6.72. The van der Waals surface area contributed by atoms with E-state index in [-0.39, 0.29) is 30.8 Å². The van der Waals surface area contributed by atoms with Crippen molar-refractivity contribution in [2.24, 2.45) is 5.73 Å². The minimum atomic E-state index is -0.304. The van der Waals surface area contributed by atoms with E-state index in [2.05, 4.69) is 5.32 Å². The fourth-order valence-corrected chi connectivity index (χ4v) is 3.05. The lowest BCUT2D eigenvalue weighted by atomic mass is 10.1. The first-order valence-corrected chi connectivity index (χ1v) is 9.31. The highest BCUT2D eigenvalue weighted by atomic mass is 35.5. The molecule has 1 unspecified atom stereocenters. The summed E-state index contributed by atoms with van der Waals surface area (Å²) >= 11 is 0. The quantitative estimate of drug-likeness (QED) is 0.589. The Morgan fingerprint density at radius 2 is 1.86 bits per heavy atom. The highest BCUT2D eigenvalue weighted by Gasteiger charge is 2.16. The van der Waals surface area contributed by atoms with E-state index < -0.39 is 0 Å². The van der Waals surface area contributed by atoms with Gasteiger partial charge in [0.15, 0.2) is 0 Å². The summed E-state index contributed by atoms with van der Waals surface area (Å²) in [4.78, 5) is 12.5. The largest absolute Gasteiger partial charge is 0.380 e. The first-order chi connectivity index (χ1) is 13.6. The molecule has 154 valence electrons. The van der Waals surface area contributed by atoms with Crippen LogP contribution < -0.4 is 11.1 Å². The van der Waals surface area contributed by atoms with E-state index in [9.17, 15) is 4.79 Å². The molecule has 29 heavy (non-hydrogen) atoms. The zero-order chi connectivity index (χ0) is 19.9. The number of carbonyl (C=O) groups excluding carboxylic acids is 1. The van der Waals surface area contributed by atoms with Crippen molar-refractivity contribution in [3.05, 3.63) is 71.8 Å². The third-order valence-corrected chi connectivity index (χ3v) is 4.65. The summed E-state index contributed by atoms with van der Waals surface area (Å²) in [5.74, 6) is 0.502. The minimum Gasteiger partial charge on any atom is -0.380 e. The van der Waals surface area contributed by atoms with Crippen molar-refractivity contribution in [1.82, 2.24) is 9.78 Å². The standard InChI is InChI=1S/C22H26N4O2.ClH/c1-16-8-6-7-11-19(16)20-13-21(24-22(27)12-18(14-23)28-2)26(25-20)15-17-9-4-3-5-10-17;/h3-11,13,18H,12,14-15,23H2,1-2H3,(H,24,27);1H. The monoisotopic (exact) mass is 414 g/mol. The van der Waals surface area contributed by atoms with Gasteiger partial charge in [-0.2, -0.15) is 5.10 Å². The summed E-state index contributed by atoms with van der Waals surface area (Å²) < 4.78 is 7.03. The lowest BCUT2D eigenvalue weighted by molar-refractivity contribution is -0.118. The van der Waals surface area contributed by atoms with Crippen molar-refractivity contribution in [2.45, 2.75) is 26.0 Å². The molecule has 0 saturated heterocycles. The second-order valence-corrected chi connectivity index (χ2v) is 6.72. The molecule has 1 aromatic heterocycles. The molecule has 1 heterocycles. The van der Waals surface area contributed by atoms with E-state index in [1.165, 1.54) is 0 Å². The van der Waals surface area contributed by atoms with Gasteiger partial charge in [-0.1, -0.05) is 54.6 Å². The van der Waals surface area contributed by atoms with Gasteiger partial charge in [0.25, 0.3) is 0 Å². The number of carbonyl (C=O) groups is 1. The summed E-state index contributed by atoms with van der Waals surface area (Å²) in [5, 5.41) is 7.72. The van der Waals surface area contributed by atoms with Gasteiger partial charge in [0.05, 0.1) is 24.8 Å². The number of nitrogens with zero attached hydrogens (tertiary/aromatic N) is 2. The molecule has 1 atom stereocenters. The molecular weight excluding hydrogens is 388 g/mol. The Labute approximate surface area is 177 Å². The van der Waals surface area contributed by atoms with E-state index >= 15 is 0 Å². The predicted molar refractivity (Wildman–Crippen MR) is 118 cm³/mol. The summed E-state index contributed by atoms with van der Waals surface area (Å²) in [6, 6.07) is 20.0. The Hall–Kier alpha value is -2.67. The zero-order valence-electron chi connectivity index (χ0n) is 16.7. The number of anilines is 1. The summed E-state index contributed by atoms with van der Waals surface area (Å²) in [7, 11) is 1.56. The van der Waals surface area contributed by atoms with Crippen LogP contribution in [0.1, 0.15) is 17.5 Å². The number of amides is 1. The van der Waals surface area contributed by atoms with Gasteiger partial charge in [0, 0.05) is 25.3 Å². The molecule has 0 aliphatic rings. The summed E-state index contributed by atoms with van der Waals surface area (Å²) in [6.45, 7) is 2.91. The number of rotatable bonds is 8. The fraction of sp³-hybridized carbons (Fsp3) is 0.273. The number of methoxy groups -OCH3 is 1. The summed E-state index contributed by atoms with van der Waals surface area (Å²) in [5.41, 5.74) is 9.74. The highest BCUT2D eigenvalue weighted by molar-refractivity contribution is 5.91. The molecule has 0 aliphatic carbocycles. The Morgan fingerprint density at radius 3 is 2.52 bits per heavy atom. The molecule has 3 aromatic rings. The lowest BCUT2D eigenvalue weighted by Gasteiger charge is -2.13. The maximum Gasteiger partial charge on any atom is 0.228 e. The molecule has 2 aromatic carbocycles. The smallest absolute Gasteiger partial charge is 0.228 e. The molecule has 6 nitrogen and oxygen atoms in total. The molecule has 3 rings (SSSR count). The number of ether oxygens (including phenoxy) is 1. The van der Waals surface area contributed by atoms with Gasteiger partial charge in [-0.05, 0) is 18.1 Å². The van der Waals surface area contributed by atoms with Gasteiger partial charge >= 0.3 is 0 Å². The van der Waals surface area contributed by atoms with Crippen molar-refractivity contribution in [3.8, 4) is 11.3 Å². The van der Waals surface area contributed by atoms with Crippen LogP contribution >= 0.6 is 12.4 Å². The van der Waals surface area contributed by atoms with E-state index in [1.807, 2.05) is 72.3 Å². The van der Waals surface area contributed by atoms with Gasteiger partial charge < -0.3 is 15.8 Å². The van der Waals surface area contributed by atoms with Crippen LogP contribution in [-0.2, 0) is 16.1 Å². The third kappa shape index (κ3) is 5.90. The van der Waals surface area contributed by atoms with Gasteiger partial charge in [-0.25, -0.2) is 4.68 Å². The maximum atomic E-state index is 12.5. The molecule has 7 heteroatoms. The van der Waals surface area contributed by atoms with Gasteiger partial charge in [0.2, 0.25) is 5.91 Å². The topological polar surface area (TPSA) is 82.2 Å². The number of nitrogens with two attached hydrogens (primary N) is 1. The van der Waals surface area contributed by atoms with Crippen LogP contribution in [0.5, 0.6) is 0 Å². The van der Waals surface area contributed by atoms with Crippen LogP contribution in [0, 0.1) is 6.92 Å². The number of hydrogen-bond donors (Lipinski definition) is 2. The molecular formula is C22H27ClN4O2. The normalized spacial score (nSPS) is 11.6. The number of aromatic nitrogens is 2. The number of halogens is 1. The fourth-order valence-electron chi connectivity index (χ4n) is 3.05. The van der Waals surface area contributed by atoms with Gasteiger partial charge in [0.1, 0.15) is 5.82 Å². The molecule has 0 bridgehead atoms. The van der Waals surface area contributed by atoms with Crippen LogP contribution in [0.25, 0.3) is 11.3 Å². The summed E-state index contributed by atoms with van der Waals surface area (Å²) in [6.07, 6.45) is -0.107. The first-order valence-electron chi connectivity index (χ1n) is 9.31. The molecule has 0 spiro atoms. The maximum absolute atomic E-state index is 12.5. The van der Waals surface area contributed by atoms with E-state index in [4.69, 9.17) is 15.6 Å². The SMILES string of the molecule is COC(CN)CC(=O)Nc1cc(-c2ccccc2C)nn1Cc1ccccc1.Cl. The number of aryl methyl sites for hydroxylation is 1. The number of benzene rings is 2. The Morgan fingerprint density at radius 1 is 1.17 bits per heavy atom. The second kappa shape index (κ2) is 10.8. The Balaban J connectivity index is 0.00000300. The van der Waals surface area contributed by atoms with Crippen molar-refractivity contribution < 1.29 is 9.53 Å². The van der Waals surface area contributed by atoms with Crippen LogP contribution in [0.4, 0.5) is 5.82 Å². The zero-order valence-corrected chi connectivity index (χ0v) is 17.5. The van der Waals surface area contributed by atoms with Crippen molar-refractivity contribution >= 4 is 24.1 Å². The van der Waals surface area contributed by atoms with Crippen LogP contribution in [0.2, 0.25) is 0 Å². The average molecular weight is 415 g/mol. The Bertz CT molecular complexity index is 924. The van der Waals surface area contributed by atoms with Crippen LogP contribution in [0.3, 0.4) is 0 Å². The van der Waals surface area contributed by atoms with E-state index in [0.717, 1.165) is 22.4 Å². The highest BCUT2D eigenvalue weighted by Crippen LogP contribution is 2.25. The van der Waals surface area contributed by atoms with Crippen LogP contribution in [0.15, 0.2) is 60.7 Å². The van der Waals surface area contributed by atoms with Crippen LogP contribution in [-0.4, -0.2) is 35.4 Å². The van der Waals surface area contributed by atoms with Crippen molar-refractivity contribution in [1.29, 1.82) is 0 Å². The molecule has 1 amide bonds. The molecule has 3 N–H and O–H groups in total. The van der Waals surface area contributed by atoms with Gasteiger partial charge in [-0.15, -0.1) is 12.4 Å². The first kappa shape index (κ1) is 22.6. The Kier molecular flexibility index (Phi) is 8.39. The molecule has 0 aliphatic heterocycles. The van der Waals surface area contributed by atoms with Gasteiger partial charge in [-0.3, -0.25) is 4.79 Å². The van der Waals surface area contributed by atoms with Crippen molar-refractivity contribution in [3.63, 3.8) is 0 Å². The lowest BCUT2D eigenvalue weighted by Crippen LogP contribution is -2.28. The predicted octanol–water partition coefficient (Wildman–Crippen LogP) is 3.63. The number of nitrogens with one attached hydrogen (secondary N) is 1. The van der Waals surface area contributed by atoms with E-state index in [1.54, 1.807) is 7.11 Å².